The van der Waals surface area contributed by atoms with Crippen molar-refractivity contribution < 1.29 is 9.53 Å². The van der Waals surface area contributed by atoms with Crippen LogP contribution in [-0.2, 0) is 10.2 Å². The van der Waals surface area contributed by atoms with Crippen LogP contribution in [0.1, 0.15) is 25.0 Å². The number of para-hydroxylation sites is 2. The van der Waals surface area contributed by atoms with Crippen molar-refractivity contribution in [1.29, 1.82) is 0 Å². The number of nitrogens with one attached hydrogen (secondary N) is 1. The summed E-state index contributed by atoms with van der Waals surface area (Å²) in [6.07, 6.45) is 0. The van der Waals surface area contributed by atoms with Crippen LogP contribution < -0.4 is 10.1 Å². The van der Waals surface area contributed by atoms with Crippen molar-refractivity contribution in [3.8, 4) is 5.75 Å². The molecule has 0 saturated carbocycles. The number of anilines is 1. The highest BCUT2D eigenvalue weighted by molar-refractivity contribution is 6.09. The van der Waals surface area contributed by atoms with E-state index in [0.717, 1.165) is 22.6 Å². The van der Waals surface area contributed by atoms with E-state index >= 15 is 0 Å². The first kappa shape index (κ1) is 12.7. The molecular weight excluding hydrogens is 250 g/mol. The minimum Gasteiger partial charge on any atom is -0.491 e. The summed E-state index contributed by atoms with van der Waals surface area (Å²) in [5.41, 5.74) is 2.21. The SMILES string of the molecule is CC.O=C1Nc2ccccc2C12COc1ccccc12. The third kappa shape index (κ3) is 1.49. The van der Waals surface area contributed by atoms with Gasteiger partial charge in [-0.1, -0.05) is 50.2 Å². The zero-order valence-corrected chi connectivity index (χ0v) is 11.6. The first-order chi connectivity index (χ1) is 9.82. The van der Waals surface area contributed by atoms with Crippen LogP contribution in [0, 0.1) is 0 Å². The van der Waals surface area contributed by atoms with Crippen molar-refractivity contribution in [3.63, 3.8) is 0 Å². The molecule has 2 aromatic carbocycles. The Kier molecular flexibility index (Phi) is 2.97. The van der Waals surface area contributed by atoms with Crippen LogP contribution in [0.2, 0.25) is 0 Å². The Hall–Kier alpha value is -2.29. The molecule has 2 aromatic rings. The summed E-state index contributed by atoms with van der Waals surface area (Å²) in [5, 5.41) is 2.95. The van der Waals surface area contributed by atoms with Gasteiger partial charge < -0.3 is 10.1 Å². The fourth-order valence-corrected chi connectivity index (χ4v) is 2.94. The van der Waals surface area contributed by atoms with Crippen LogP contribution in [0.15, 0.2) is 48.5 Å². The highest BCUT2D eigenvalue weighted by Crippen LogP contribution is 2.49. The highest BCUT2D eigenvalue weighted by Gasteiger charge is 2.53. The molecule has 0 aromatic heterocycles. The normalized spacial score (nSPS) is 21.4. The molecule has 0 aliphatic carbocycles. The van der Waals surface area contributed by atoms with Gasteiger partial charge in [0.25, 0.3) is 0 Å². The van der Waals surface area contributed by atoms with E-state index in [-0.39, 0.29) is 5.91 Å². The molecule has 1 atom stereocenters. The van der Waals surface area contributed by atoms with Crippen LogP contribution in [-0.4, -0.2) is 12.5 Å². The summed E-state index contributed by atoms with van der Waals surface area (Å²) in [4.78, 5) is 12.4. The maximum atomic E-state index is 12.4. The van der Waals surface area contributed by atoms with E-state index in [1.165, 1.54) is 0 Å². The largest absolute Gasteiger partial charge is 0.491 e. The predicted molar refractivity (Wildman–Crippen MR) is 79.1 cm³/mol. The quantitative estimate of drug-likeness (QED) is 0.795. The number of hydrogen-bond donors (Lipinski definition) is 1. The zero-order chi connectivity index (χ0) is 14.2. The molecule has 2 heterocycles. The van der Waals surface area contributed by atoms with E-state index < -0.39 is 5.41 Å². The molecule has 4 rings (SSSR count). The summed E-state index contributed by atoms with van der Waals surface area (Å²) in [5.74, 6) is 0.818. The standard InChI is InChI=1S/C15H11NO2.C2H6/c17-14-15(10-5-1-3-7-12(10)16-14)9-18-13-8-4-2-6-11(13)15;1-2/h1-8H,9H2,(H,16,17);1-2H3. The van der Waals surface area contributed by atoms with Gasteiger partial charge in [-0.15, -0.1) is 0 Å². The van der Waals surface area contributed by atoms with E-state index in [9.17, 15) is 4.79 Å². The van der Waals surface area contributed by atoms with Crippen molar-refractivity contribution in [1.82, 2.24) is 0 Å². The second kappa shape index (κ2) is 4.67. The van der Waals surface area contributed by atoms with E-state index in [0.29, 0.717) is 6.61 Å². The van der Waals surface area contributed by atoms with Crippen molar-refractivity contribution in [2.24, 2.45) is 0 Å². The van der Waals surface area contributed by atoms with Crippen LogP contribution >= 0.6 is 0 Å². The third-order valence-electron chi connectivity index (χ3n) is 3.81. The van der Waals surface area contributed by atoms with Crippen molar-refractivity contribution in [3.05, 3.63) is 59.7 Å². The molecule has 0 fully saturated rings. The van der Waals surface area contributed by atoms with Crippen LogP contribution in [0.25, 0.3) is 0 Å². The molecule has 1 N–H and O–H groups in total. The van der Waals surface area contributed by atoms with Gasteiger partial charge in [-0.05, 0) is 17.7 Å². The summed E-state index contributed by atoms with van der Waals surface area (Å²) in [6.45, 7) is 4.38. The van der Waals surface area contributed by atoms with Crippen molar-refractivity contribution in [2.75, 3.05) is 11.9 Å². The predicted octanol–water partition coefficient (Wildman–Crippen LogP) is 3.34. The summed E-state index contributed by atoms with van der Waals surface area (Å²) in [6, 6.07) is 15.6. The van der Waals surface area contributed by atoms with Gasteiger partial charge in [0.2, 0.25) is 5.91 Å². The van der Waals surface area contributed by atoms with Gasteiger partial charge in [-0.2, -0.15) is 0 Å². The number of ether oxygens (including phenoxy) is 1. The monoisotopic (exact) mass is 267 g/mol. The molecule has 20 heavy (non-hydrogen) atoms. The highest BCUT2D eigenvalue weighted by atomic mass is 16.5. The molecule has 2 aliphatic rings. The summed E-state index contributed by atoms with van der Waals surface area (Å²) >= 11 is 0. The zero-order valence-electron chi connectivity index (χ0n) is 11.6. The second-order valence-corrected chi connectivity index (χ2v) is 4.69. The average molecular weight is 267 g/mol. The number of carbonyl (C=O) groups excluding carboxylic acids is 1. The van der Waals surface area contributed by atoms with Gasteiger partial charge in [0.1, 0.15) is 17.8 Å². The lowest BCUT2D eigenvalue weighted by Gasteiger charge is -2.19. The van der Waals surface area contributed by atoms with Crippen molar-refractivity contribution >= 4 is 11.6 Å². The number of hydrogen-bond acceptors (Lipinski definition) is 2. The van der Waals surface area contributed by atoms with Gasteiger partial charge in [0.15, 0.2) is 0 Å². The smallest absolute Gasteiger partial charge is 0.243 e. The van der Waals surface area contributed by atoms with Crippen LogP contribution in [0.4, 0.5) is 5.69 Å². The fourth-order valence-electron chi connectivity index (χ4n) is 2.94. The number of benzene rings is 2. The number of amides is 1. The Balaban J connectivity index is 0.000000581. The molecule has 0 radical (unpaired) electrons. The Morgan fingerprint density at radius 1 is 1.00 bits per heavy atom. The van der Waals surface area contributed by atoms with Gasteiger partial charge in [-0.3, -0.25) is 4.79 Å². The second-order valence-electron chi connectivity index (χ2n) is 4.69. The number of carbonyl (C=O) groups is 1. The van der Waals surface area contributed by atoms with Crippen LogP contribution in [0.5, 0.6) is 5.75 Å². The number of rotatable bonds is 0. The van der Waals surface area contributed by atoms with Crippen LogP contribution in [0.3, 0.4) is 0 Å². The summed E-state index contributed by atoms with van der Waals surface area (Å²) < 4.78 is 5.70. The molecule has 0 bridgehead atoms. The Bertz CT molecular complexity index is 653. The molecule has 3 nitrogen and oxygen atoms in total. The van der Waals surface area contributed by atoms with Gasteiger partial charge in [0, 0.05) is 11.3 Å². The summed E-state index contributed by atoms with van der Waals surface area (Å²) in [7, 11) is 0. The lowest BCUT2D eigenvalue weighted by molar-refractivity contribution is -0.119. The van der Waals surface area contributed by atoms with Gasteiger partial charge in [-0.25, -0.2) is 0 Å². The molecule has 3 heteroatoms. The molecule has 2 aliphatic heterocycles. The fraction of sp³-hybridized carbons (Fsp3) is 0.235. The minimum absolute atomic E-state index is 0.00801. The van der Waals surface area contributed by atoms with E-state index in [1.807, 2.05) is 62.4 Å². The van der Waals surface area contributed by atoms with Gasteiger partial charge in [0.05, 0.1) is 0 Å². The van der Waals surface area contributed by atoms with E-state index in [2.05, 4.69) is 5.32 Å². The van der Waals surface area contributed by atoms with Gasteiger partial charge >= 0.3 is 0 Å². The minimum atomic E-state index is -0.660. The van der Waals surface area contributed by atoms with E-state index in [1.54, 1.807) is 0 Å². The lowest BCUT2D eigenvalue weighted by atomic mass is 9.77. The first-order valence-electron chi connectivity index (χ1n) is 6.96. The molecule has 0 saturated heterocycles. The molecule has 1 spiro atoms. The molecule has 102 valence electrons. The lowest BCUT2D eigenvalue weighted by Crippen LogP contribution is -2.37. The Labute approximate surface area is 118 Å². The maximum Gasteiger partial charge on any atom is 0.243 e. The molecule has 1 amide bonds. The number of fused-ring (bicyclic) bond motifs is 4. The van der Waals surface area contributed by atoms with E-state index in [4.69, 9.17) is 4.74 Å². The average Bonchev–Trinajstić information content (AvgIpc) is 3.03. The third-order valence-corrected chi connectivity index (χ3v) is 3.81. The first-order valence-corrected chi connectivity index (χ1v) is 6.96. The Morgan fingerprint density at radius 3 is 2.45 bits per heavy atom. The molecular formula is C17H17NO2. The Morgan fingerprint density at radius 2 is 1.65 bits per heavy atom. The maximum absolute atomic E-state index is 12.4. The van der Waals surface area contributed by atoms with Crippen molar-refractivity contribution in [2.45, 2.75) is 19.3 Å². The topological polar surface area (TPSA) is 38.3 Å². The molecule has 1 unspecified atom stereocenters.